The van der Waals surface area contributed by atoms with Gasteiger partial charge < -0.3 is 20.9 Å². The van der Waals surface area contributed by atoms with Gasteiger partial charge in [-0.3, -0.25) is 9.59 Å². The van der Waals surface area contributed by atoms with E-state index in [-0.39, 0.29) is 5.56 Å². The van der Waals surface area contributed by atoms with E-state index in [4.69, 9.17) is 25.3 Å². The average Bonchev–Trinajstić information content (AvgIpc) is 2.95. The Hall–Kier alpha value is -2.25. The molecule has 0 atom stereocenters. The third-order valence-corrected chi connectivity index (χ3v) is 3.96. The molecule has 2 aromatic carbocycles. The van der Waals surface area contributed by atoms with Gasteiger partial charge in [-0.05, 0) is 23.7 Å². The Balaban J connectivity index is 0.000000232. The smallest absolute Gasteiger partial charge is 0.253 e. The molecule has 2 heterocycles. The highest BCUT2D eigenvalue weighted by Crippen LogP contribution is 2.05. The van der Waals surface area contributed by atoms with Crippen LogP contribution in [0.25, 0.3) is 0 Å². The fraction of sp³-hybridized carbons (Fsp3) is 0.364. The molecule has 0 radical (unpaired) electrons. The van der Waals surface area contributed by atoms with Crippen molar-refractivity contribution in [1.82, 2.24) is 20.9 Å². The zero-order chi connectivity index (χ0) is 29.4. The molecule has 0 aliphatic carbocycles. The van der Waals surface area contributed by atoms with Crippen LogP contribution in [0.15, 0.2) is 60.4 Å². The normalized spacial score (nSPS) is 20.7. The second-order valence-electron chi connectivity index (χ2n) is 5.82. The maximum atomic E-state index is 12.3. The minimum Gasteiger partial charge on any atom is -0.336 e. The number of halogens is 1. The van der Waals surface area contributed by atoms with Crippen molar-refractivity contribution in [2.24, 2.45) is 0 Å². The highest BCUT2D eigenvalue weighted by Gasteiger charge is 2.16. The Kier molecular flexibility index (Phi) is 5.94. The second-order valence-corrected chi connectivity index (χ2v) is 6.16. The van der Waals surface area contributed by atoms with Gasteiger partial charge in [-0.15, -0.1) is 0 Å². The van der Waals surface area contributed by atoms with Gasteiger partial charge in [0.2, 0.25) is 0 Å². The highest BCUT2D eigenvalue weighted by molar-refractivity contribution is 6.67. The van der Waals surface area contributed by atoms with Crippen LogP contribution in [0.2, 0.25) is 0 Å². The molecule has 156 valence electrons. The van der Waals surface area contributed by atoms with E-state index < -0.39 is 77.1 Å². The summed E-state index contributed by atoms with van der Waals surface area (Å²) < 4.78 is 74.3. The molecule has 2 aliphatic heterocycles. The summed E-state index contributed by atoms with van der Waals surface area (Å²) in [6.45, 7) is 6.79. The number of carbonyl (C=O) groups is 2. The molecule has 0 bridgehead atoms. The standard InChI is InChI=1S/C11H14N2O.C7H5ClO.C4H10N2/c14-11(10-4-2-1-3-5-10)13-8-6-12-7-9-13;8-7(9)6-4-2-1-3-5-6;1-2-6-4-3-5-1/h1-5,12H,6-9H2;1-5H;5-6H,1-4H2/i2*1D,2D,3D,4D,5D;. The average molecular weight is 427 g/mol. The number of rotatable bonds is 2. The summed E-state index contributed by atoms with van der Waals surface area (Å²) >= 11 is 5.10. The van der Waals surface area contributed by atoms with Crippen LogP contribution in [0.3, 0.4) is 0 Å². The first-order valence-corrected chi connectivity index (χ1v) is 9.45. The van der Waals surface area contributed by atoms with Crippen LogP contribution < -0.4 is 16.0 Å². The molecule has 7 heteroatoms. The number of carbonyl (C=O) groups excluding carboxylic acids is 2. The van der Waals surface area contributed by atoms with Gasteiger partial charge >= 0.3 is 0 Å². The maximum Gasteiger partial charge on any atom is 0.253 e. The van der Waals surface area contributed by atoms with Crippen molar-refractivity contribution < 1.29 is 23.3 Å². The first-order valence-electron chi connectivity index (χ1n) is 14.1. The van der Waals surface area contributed by atoms with Gasteiger partial charge in [0.25, 0.3) is 11.1 Å². The predicted octanol–water partition coefficient (Wildman–Crippen LogP) is 1.98. The third-order valence-electron chi connectivity index (χ3n) is 3.77. The summed E-state index contributed by atoms with van der Waals surface area (Å²) in [5.74, 6) is -0.501. The van der Waals surface area contributed by atoms with Crippen molar-refractivity contribution in [3.05, 3.63) is 71.6 Å². The summed E-state index contributed by atoms with van der Waals surface area (Å²) in [6.07, 6.45) is 0. The van der Waals surface area contributed by atoms with E-state index >= 15 is 0 Å². The van der Waals surface area contributed by atoms with Crippen molar-refractivity contribution in [1.29, 1.82) is 0 Å². The molecule has 2 aliphatic rings. The monoisotopic (exact) mass is 426 g/mol. The quantitative estimate of drug-likeness (QED) is 0.640. The second kappa shape index (κ2) is 13.8. The molecule has 2 aromatic rings. The first kappa shape index (κ1) is 12.4. The number of amides is 1. The van der Waals surface area contributed by atoms with Crippen LogP contribution in [-0.2, 0) is 0 Å². The number of nitrogens with zero attached hydrogens (tertiary/aromatic N) is 1. The van der Waals surface area contributed by atoms with Crippen LogP contribution in [0.1, 0.15) is 34.4 Å². The third kappa shape index (κ3) is 9.19. The van der Waals surface area contributed by atoms with E-state index in [1.165, 1.54) is 4.90 Å². The largest absolute Gasteiger partial charge is 0.336 e. The Morgan fingerprint density at radius 2 is 1.14 bits per heavy atom. The van der Waals surface area contributed by atoms with Crippen molar-refractivity contribution >= 4 is 22.8 Å². The Morgan fingerprint density at radius 1 is 0.724 bits per heavy atom. The molecule has 29 heavy (non-hydrogen) atoms. The Labute approximate surface area is 191 Å². The lowest BCUT2D eigenvalue weighted by Crippen LogP contribution is -2.46. The molecule has 0 unspecified atom stereocenters. The Morgan fingerprint density at radius 3 is 1.55 bits per heavy atom. The van der Waals surface area contributed by atoms with Crippen LogP contribution in [0.4, 0.5) is 0 Å². The lowest BCUT2D eigenvalue weighted by Gasteiger charge is -2.27. The summed E-state index contributed by atoms with van der Waals surface area (Å²) in [5.41, 5.74) is -0.731. The van der Waals surface area contributed by atoms with E-state index in [0.29, 0.717) is 26.2 Å². The minimum absolute atomic E-state index is 0.243. The van der Waals surface area contributed by atoms with Gasteiger partial charge in [0.1, 0.15) is 0 Å². The first-order chi connectivity index (χ1) is 18.3. The molecule has 2 fully saturated rings. The molecular formula is C22H29ClN4O2. The van der Waals surface area contributed by atoms with Gasteiger partial charge in [0.15, 0.2) is 0 Å². The molecule has 3 N–H and O–H groups in total. The zero-order valence-corrected chi connectivity index (χ0v) is 16.6. The highest BCUT2D eigenvalue weighted by atomic mass is 35.5. The van der Waals surface area contributed by atoms with Gasteiger partial charge in [-0.1, -0.05) is 48.3 Å². The van der Waals surface area contributed by atoms with Crippen LogP contribution in [-0.4, -0.2) is 68.4 Å². The van der Waals surface area contributed by atoms with Crippen LogP contribution in [0, 0.1) is 0 Å². The number of hydrogen-bond acceptors (Lipinski definition) is 5. The SMILES string of the molecule is C1CNCCN1.[2H]c1c([2H])c([2H])c(C(=O)Cl)c([2H])c1[2H].[2H]c1c([2H])c([2H])c(C(=O)N2CCNCC2)c([2H])c1[2H]. The lowest BCUT2D eigenvalue weighted by atomic mass is 10.2. The molecular weight excluding hydrogens is 388 g/mol. The summed E-state index contributed by atoms with van der Waals surface area (Å²) in [5, 5.41) is 8.48. The van der Waals surface area contributed by atoms with Crippen molar-refractivity contribution in [2.75, 3.05) is 52.4 Å². The predicted molar refractivity (Wildman–Crippen MR) is 118 cm³/mol. The van der Waals surface area contributed by atoms with Gasteiger partial charge in [0, 0.05) is 63.5 Å². The molecule has 0 spiro atoms. The Bertz CT molecular complexity index is 1150. The van der Waals surface area contributed by atoms with Crippen molar-refractivity contribution in [3.8, 4) is 0 Å². The van der Waals surface area contributed by atoms with E-state index in [0.717, 1.165) is 26.2 Å². The molecule has 1 amide bonds. The molecule has 4 rings (SSSR count). The zero-order valence-electron chi connectivity index (χ0n) is 25.8. The van der Waals surface area contributed by atoms with Crippen molar-refractivity contribution in [2.45, 2.75) is 0 Å². The van der Waals surface area contributed by atoms with Gasteiger partial charge in [-0.25, -0.2) is 0 Å². The van der Waals surface area contributed by atoms with Crippen LogP contribution >= 0.6 is 11.6 Å². The molecule has 0 aromatic heterocycles. The molecule has 2 saturated heterocycles. The van der Waals surface area contributed by atoms with E-state index in [9.17, 15) is 9.59 Å². The number of hydrogen-bond donors (Lipinski definition) is 3. The van der Waals surface area contributed by atoms with Crippen molar-refractivity contribution in [3.63, 3.8) is 0 Å². The van der Waals surface area contributed by atoms with Gasteiger partial charge in [0.05, 0.1) is 13.7 Å². The topological polar surface area (TPSA) is 73.5 Å². The number of benzene rings is 2. The fourth-order valence-corrected chi connectivity index (χ4v) is 2.43. The molecule has 0 saturated carbocycles. The fourth-order valence-electron chi connectivity index (χ4n) is 2.33. The number of nitrogens with one attached hydrogen (secondary N) is 3. The summed E-state index contributed by atoms with van der Waals surface area (Å²) in [4.78, 5) is 24.6. The lowest BCUT2D eigenvalue weighted by molar-refractivity contribution is 0.0735. The maximum absolute atomic E-state index is 12.3. The summed E-state index contributed by atoms with van der Waals surface area (Å²) in [7, 11) is 0. The molecule has 6 nitrogen and oxygen atoms in total. The van der Waals surface area contributed by atoms with Gasteiger partial charge in [-0.2, -0.15) is 0 Å². The minimum atomic E-state index is -1.05. The van der Waals surface area contributed by atoms with E-state index in [2.05, 4.69) is 16.0 Å². The summed E-state index contributed by atoms with van der Waals surface area (Å²) in [6, 6.07) is -5.10. The van der Waals surface area contributed by atoms with E-state index in [1.807, 2.05) is 0 Å². The van der Waals surface area contributed by atoms with Crippen LogP contribution in [0.5, 0.6) is 0 Å². The van der Waals surface area contributed by atoms with E-state index in [1.54, 1.807) is 0 Å². The number of piperazine rings is 2.